The largest absolute Gasteiger partial charge is 0.469 e. The smallest absolute Gasteiger partial charge is 0.387 e. The van der Waals surface area contributed by atoms with E-state index in [4.69, 9.17) is 30.2 Å². The number of hydrogen-bond donors (Lipinski definition) is 7. The van der Waals surface area contributed by atoms with E-state index in [1.807, 2.05) is 0 Å². The lowest BCUT2D eigenvalue weighted by Gasteiger charge is -2.27. The van der Waals surface area contributed by atoms with Gasteiger partial charge in [0.2, 0.25) is 5.79 Å². The highest BCUT2D eigenvalue weighted by Crippen LogP contribution is 2.41. The molecule has 1 fully saturated rings. The van der Waals surface area contributed by atoms with Crippen LogP contribution in [0.2, 0.25) is 0 Å². The van der Waals surface area contributed by atoms with Crippen molar-refractivity contribution in [1.82, 2.24) is 0 Å². The molecule has 1 rings (SSSR count). The highest BCUT2D eigenvalue weighted by molar-refractivity contribution is 7.46. The second kappa shape index (κ2) is 6.64. The number of rotatable bonds is 7. The van der Waals surface area contributed by atoms with E-state index in [1.54, 1.807) is 0 Å². The Hall–Kier alpha value is 0.0200. The van der Waals surface area contributed by atoms with Crippen molar-refractivity contribution in [3.8, 4) is 0 Å². The SMILES string of the molecule is NO[C@H]1[C@H](O)[C@@H](COP(=O)(O)O)O[C@]1(O)COP(=O)(O)O. The number of hydrogen-bond acceptors (Lipinski definition) is 9. The highest BCUT2D eigenvalue weighted by Gasteiger charge is 2.56. The van der Waals surface area contributed by atoms with Gasteiger partial charge in [0.05, 0.1) is 6.61 Å². The molecule has 21 heavy (non-hydrogen) atoms. The highest BCUT2D eigenvalue weighted by atomic mass is 31.2. The Bertz CT molecular complexity index is 447. The van der Waals surface area contributed by atoms with Gasteiger partial charge in [0.15, 0.2) is 6.10 Å². The molecule has 0 aromatic heterocycles. The Morgan fingerprint density at radius 2 is 1.67 bits per heavy atom. The van der Waals surface area contributed by atoms with Crippen LogP contribution in [0.5, 0.6) is 0 Å². The molecule has 13 nitrogen and oxygen atoms in total. The Kier molecular flexibility index (Phi) is 6.03. The Morgan fingerprint density at radius 1 is 1.14 bits per heavy atom. The Morgan fingerprint density at radius 3 is 2.10 bits per heavy atom. The third-order valence-electron chi connectivity index (χ3n) is 2.48. The van der Waals surface area contributed by atoms with Gasteiger partial charge in [-0.25, -0.2) is 15.0 Å². The zero-order valence-electron chi connectivity index (χ0n) is 10.3. The first kappa shape index (κ1) is 19.1. The molecule has 0 bridgehead atoms. The predicted molar refractivity (Wildman–Crippen MR) is 60.9 cm³/mol. The molecule has 0 unspecified atom stereocenters. The van der Waals surface area contributed by atoms with E-state index in [0.29, 0.717) is 0 Å². The van der Waals surface area contributed by atoms with Gasteiger partial charge in [-0.1, -0.05) is 0 Å². The molecule has 0 amide bonds. The second-order valence-electron chi connectivity index (χ2n) is 4.10. The first-order chi connectivity index (χ1) is 9.38. The van der Waals surface area contributed by atoms with Crippen LogP contribution in [0, 0.1) is 0 Å². The summed E-state index contributed by atoms with van der Waals surface area (Å²) >= 11 is 0. The fourth-order valence-electron chi connectivity index (χ4n) is 1.64. The number of phosphoric ester groups is 2. The van der Waals surface area contributed by atoms with Gasteiger partial charge in [-0.3, -0.25) is 13.9 Å². The molecule has 4 atom stereocenters. The van der Waals surface area contributed by atoms with Gasteiger partial charge in [0, 0.05) is 0 Å². The monoisotopic (exact) mass is 355 g/mol. The molecule has 1 saturated heterocycles. The minimum Gasteiger partial charge on any atom is -0.387 e. The van der Waals surface area contributed by atoms with Gasteiger partial charge in [-0.2, -0.15) is 0 Å². The van der Waals surface area contributed by atoms with Crippen LogP contribution in [0.25, 0.3) is 0 Å². The lowest BCUT2D eigenvalue weighted by Crippen LogP contribution is -2.49. The van der Waals surface area contributed by atoms with Crippen LogP contribution < -0.4 is 5.90 Å². The third kappa shape index (κ3) is 5.62. The molecule has 0 radical (unpaired) electrons. The number of aliphatic hydroxyl groups excluding tert-OH is 1. The molecule has 0 aromatic carbocycles. The second-order valence-corrected chi connectivity index (χ2v) is 6.58. The average molecular weight is 355 g/mol. The summed E-state index contributed by atoms with van der Waals surface area (Å²) < 4.78 is 34.1. The van der Waals surface area contributed by atoms with Gasteiger partial charge >= 0.3 is 15.6 Å². The minimum atomic E-state index is -4.95. The van der Waals surface area contributed by atoms with Crippen molar-refractivity contribution in [3.63, 3.8) is 0 Å². The molecule has 0 saturated carbocycles. The van der Waals surface area contributed by atoms with Gasteiger partial charge in [0.25, 0.3) is 0 Å². The lowest BCUT2D eigenvalue weighted by molar-refractivity contribution is -0.254. The molecule has 1 aliphatic rings. The summed E-state index contributed by atoms with van der Waals surface area (Å²) in [5.41, 5.74) is 0. The lowest BCUT2D eigenvalue weighted by atomic mass is 10.1. The van der Waals surface area contributed by atoms with E-state index in [0.717, 1.165) is 0 Å². The quantitative estimate of drug-likeness (QED) is 0.178. The molecule has 0 spiro atoms. The van der Waals surface area contributed by atoms with Crippen LogP contribution in [0.15, 0.2) is 0 Å². The van der Waals surface area contributed by atoms with Crippen LogP contribution in [0.1, 0.15) is 0 Å². The zero-order chi connectivity index (χ0) is 16.5. The normalized spacial score (nSPS) is 34.3. The predicted octanol–water partition coefficient (Wildman–Crippen LogP) is -3.09. The van der Waals surface area contributed by atoms with Gasteiger partial charge in [0.1, 0.15) is 18.8 Å². The van der Waals surface area contributed by atoms with Crippen molar-refractivity contribution >= 4 is 15.6 Å². The van der Waals surface area contributed by atoms with E-state index >= 15 is 0 Å². The molecule has 126 valence electrons. The number of nitrogens with two attached hydrogens (primary N) is 1. The van der Waals surface area contributed by atoms with Crippen LogP contribution in [-0.2, 0) is 27.8 Å². The molecule has 1 heterocycles. The fourth-order valence-corrected chi connectivity index (χ4v) is 2.34. The molecular weight excluding hydrogens is 340 g/mol. The van der Waals surface area contributed by atoms with Crippen LogP contribution in [-0.4, -0.2) is 67.1 Å². The summed E-state index contributed by atoms with van der Waals surface area (Å²) in [6, 6.07) is 0. The third-order valence-corrected chi connectivity index (χ3v) is 3.44. The summed E-state index contributed by atoms with van der Waals surface area (Å²) in [7, 11) is -9.81. The summed E-state index contributed by atoms with van der Waals surface area (Å²) in [6.07, 6.45) is -4.89. The average Bonchev–Trinajstić information content (AvgIpc) is 2.55. The molecule has 15 heteroatoms. The Balaban J connectivity index is 2.77. The zero-order valence-corrected chi connectivity index (χ0v) is 12.0. The van der Waals surface area contributed by atoms with Crippen molar-refractivity contribution < 1.29 is 57.5 Å². The first-order valence-electron chi connectivity index (χ1n) is 5.22. The van der Waals surface area contributed by atoms with E-state index in [9.17, 15) is 19.3 Å². The van der Waals surface area contributed by atoms with Gasteiger partial charge in [-0.05, 0) is 0 Å². The summed E-state index contributed by atoms with van der Waals surface area (Å²) in [4.78, 5) is 38.4. The van der Waals surface area contributed by atoms with Gasteiger partial charge < -0.3 is 34.5 Å². The van der Waals surface area contributed by atoms with Crippen LogP contribution in [0.4, 0.5) is 0 Å². The van der Waals surface area contributed by atoms with Crippen molar-refractivity contribution in [1.29, 1.82) is 0 Å². The molecule has 0 aliphatic carbocycles. The van der Waals surface area contributed by atoms with Crippen molar-refractivity contribution in [2.24, 2.45) is 5.90 Å². The maximum atomic E-state index is 10.6. The van der Waals surface area contributed by atoms with Crippen molar-refractivity contribution in [2.45, 2.75) is 24.1 Å². The summed E-state index contributed by atoms with van der Waals surface area (Å²) in [5.74, 6) is 2.28. The maximum absolute atomic E-state index is 10.6. The van der Waals surface area contributed by atoms with E-state index in [-0.39, 0.29) is 0 Å². The van der Waals surface area contributed by atoms with Gasteiger partial charge in [-0.15, -0.1) is 0 Å². The van der Waals surface area contributed by atoms with E-state index in [1.165, 1.54) is 0 Å². The molecule has 0 aromatic rings. The standard InChI is InChI=1S/C6H15NO12P2/c7-19-5-4(8)3(1-16-20(10,11)12)18-6(5,9)2-17-21(13,14)15/h3-5,8-9H,1-2,7H2,(H2,10,11,12)(H2,13,14,15)/t3-,4-,5+,6-/m1/s1. The molecule has 8 N–H and O–H groups in total. The maximum Gasteiger partial charge on any atom is 0.469 e. The van der Waals surface area contributed by atoms with Crippen LogP contribution >= 0.6 is 15.6 Å². The van der Waals surface area contributed by atoms with E-state index in [2.05, 4.69) is 13.9 Å². The molecular formula is C6H15NO12P2. The first-order valence-corrected chi connectivity index (χ1v) is 8.28. The number of aliphatic hydroxyl groups is 2. The summed E-state index contributed by atoms with van der Waals surface area (Å²) in [6.45, 7) is -1.97. The Labute approximate surface area is 117 Å². The molecule has 1 aliphatic heterocycles. The minimum absolute atomic E-state index is 0.844. The van der Waals surface area contributed by atoms with Crippen LogP contribution in [0.3, 0.4) is 0 Å². The fraction of sp³-hybridized carbons (Fsp3) is 1.00. The van der Waals surface area contributed by atoms with E-state index < -0.39 is 53.0 Å². The van der Waals surface area contributed by atoms with Crippen molar-refractivity contribution in [3.05, 3.63) is 0 Å². The summed E-state index contributed by atoms with van der Waals surface area (Å²) in [5, 5.41) is 19.7. The number of ether oxygens (including phenoxy) is 1. The topological polar surface area (TPSA) is 218 Å². The number of phosphoric acid groups is 2. The van der Waals surface area contributed by atoms with Crippen molar-refractivity contribution in [2.75, 3.05) is 13.2 Å².